The van der Waals surface area contributed by atoms with Crippen molar-refractivity contribution in [1.29, 1.82) is 0 Å². The number of halogens is 3. The van der Waals surface area contributed by atoms with Gasteiger partial charge in [0.15, 0.2) is 17.5 Å². The minimum atomic E-state index is -1.54. The Hall–Kier alpha value is -2.54. The molecule has 128 valence electrons. The third-order valence-corrected chi connectivity index (χ3v) is 3.23. The molecule has 2 N–H and O–H groups in total. The summed E-state index contributed by atoms with van der Waals surface area (Å²) in [5, 5.41) is 5.22. The largest absolute Gasteiger partial charge is 0.380 e. The zero-order chi connectivity index (χ0) is 17.5. The van der Waals surface area contributed by atoms with E-state index in [0.29, 0.717) is 13.2 Å². The van der Waals surface area contributed by atoms with E-state index in [2.05, 4.69) is 10.6 Å². The highest BCUT2D eigenvalue weighted by Gasteiger charge is 2.11. The van der Waals surface area contributed by atoms with Crippen LogP contribution >= 0.6 is 0 Å². The second kappa shape index (κ2) is 8.35. The molecule has 0 aliphatic carbocycles. The molecule has 0 radical (unpaired) electrons. The quantitative estimate of drug-likeness (QED) is 0.763. The van der Waals surface area contributed by atoms with E-state index < -0.39 is 17.5 Å². The van der Waals surface area contributed by atoms with Gasteiger partial charge in [-0.25, -0.2) is 13.2 Å². The Labute approximate surface area is 137 Å². The normalized spacial score (nSPS) is 10.5. The van der Waals surface area contributed by atoms with E-state index in [1.165, 1.54) is 0 Å². The molecule has 0 fully saturated rings. The van der Waals surface area contributed by atoms with Crippen LogP contribution in [0.3, 0.4) is 0 Å². The summed E-state index contributed by atoms with van der Waals surface area (Å²) in [5.74, 6) is -4.53. The van der Waals surface area contributed by atoms with Gasteiger partial charge in [0.2, 0.25) is 5.91 Å². The maximum Gasteiger partial charge on any atom is 0.239 e. The summed E-state index contributed by atoms with van der Waals surface area (Å²) in [6, 6.07) is 9.12. The fourth-order valence-electron chi connectivity index (χ4n) is 2.10. The second-order valence-corrected chi connectivity index (χ2v) is 5.14. The lowest BCUT2D eigenvalue weighted by atomic mass is 10.1. The van der Waals surface area contributed by atoms with Crippen molar-refractivity contribution in [3.05, 3.63) is 65.0 Å². The van der Waals surface area contributed by atoms with E-state index in [0.717, 1.165) is 23.3 Å². The molecule has 0 aliphatic rings. The van der Waals surface area contributed by atoms with Crippen LogP contribution < -0.4 is 10.6 Å². The van der Waals surface area contributed by atoms with Gasteiger partial charge < -0.3 is 15.4 Å². The monoisotopic (exact) mass is 338 g/mol. The average Bonchev–Trinajstić information content (AvgIpc) is 2.56. The summed E-state index contributed by atoms with van der Waals surface area (Å²) >= 11 is 0. The number of anilines is 1. The molecular weight excluding hydrogens is 321 g/mol. The number of benzene rings is 2. The first kappa shape index (κ1) is 17.8. The predicted molar refractivity (Wildman–Crippen MR) is 83.8 cm³/mol. The van der Waals surface area contributed by atoms with Crippen molar-refractivity contribution in [3.8, 4) is 0 Å². The number of hydrogen-bond donors (Lipinski definition) is 2. The lowest BCUT2D eigenvalue weighted by Crippen LogP contribution is -2.29. The van der Waals surface area contributed by atoms with Crippen LogP contribution in [0.5, 0.6) is 0 Å². The van der Waals surface area contributed by atoms with Crippen molar-refractivity contribution in [1.82, 2.24) is 5.32 Å². The summed E-state index contributed by atoms with van der Waals surface area (Å²) in [6.45, 7) is 0.595. The van der Waals surface area contributed by atoms with Crippen molar-refractivity contribution in [2.75, 3.05) is 19.0 Å². The Kier molecular flexibility index (Phi) is 6.20. The molecule has 0 unspecified atom stereocenters. The highest BCUT2D eigenvalue weighted by atomic mass is 19.2. The average molecular weight is 338 g/mol. The summed E-state index contributed by atoms with van der Waals surface area (Å²) in [7, 11) is 1.60. The Morgan fingerprint density at radius 1 is 1.08 bits per heavy atom. The number of carbonyl (C=O) groups excluding carboxylic acids is 1. The molecule has 0 heterocycles. The maximum atomic E-state index is 13.1. The van der Waals surface area contributed by atoms with Crippen LogP contribution in [0.2, 0.25) is 0 Å². The molecule has 2 rings (SSSR count). The molecule has 0 spiro atoms. The fourth-order valence-corrected chi connectivity index (χ4v) is 2.10. The van der Waals surface area contributed by atoms with E-state index in [1.807, 2.05) is 24.3 Å². The zero-order valence-electron chi connectivity index (χ0n) is 13.0. The van der Waals surface area contributed by atoms with Crippen molar-refractivity contribution in [2.24, 2.45) is 0 Å². The SMILES string of the molecule is COCc1cccc(CNC(=O)CNc2cc(F)c(F)c(F)c2)c1. The number of carbonyl (C=O) groups is 1. The number of amides is 1. The van der Waals surface area contributed by atoms with E-state index in [4.69, 9.17) is 4.74 Å². The van der Waals surface area contributed by atoms with Gasteiger partial charge in [-0.2, -0.15) is 0 Å². The minimum absolute atomic E-state index is 0.0105. The number of rotatable bonds is 7. The van der Waals surface area contributed by atoms with Gasteiger partial charge in [-0.3, -0.25) is 4.79 Å². The number of methoxy groups -OCH3 is 1. The van der Waals surface area contributed by atoms with Crippen LogP contribution in [0.25, 0.3) is 0 Å². The van der Waals surface area contributed by atoms with Crippen molar-refractivity contribution < 1.29 is 22.7 Å². The molecule has 0 saturated heterocycles. The van der Waals surface area contributed by atoms with Gasteiger partial charge in [-0.05, 0) is 11.1 Å². The molecule has 4 nitrogen and oxygen atoms in total. The van der Waals surface area contributed by atoms with Gasteiger partial charge >= 0.3 is 0 Å². The van der Waals surface area contributed by atoms with Gasteiger partial charge in [0, 0.05) is 31.5 Å². The number of nitrogens with one attached hydrogen (secondary N) is 2. The fraction of sp³-hybridized carbons (Fsp3) is 0.235. The van der Waals surface area contributed by atoms with Crippen molar-refractivity contribution in [2.45, 2.75) is 13.2 Å². The molecule has 2 aromatic rings. The first-order valence-electron chi connectivity index (χ1n) is 7.21. The molecule has 7 heteroatoms. The Morgan fingerprint density at radius 3 is 2.42 bits per heavy atom. The van der Waals surface area contributed by atoms with Crippen LogP contribution in [0.15, 0.2) is 36.4 Å². The van der Waals surface area contributed by atoms with Crippen molar-refractivity contribution >= 4 is 11.6 Å². The van der Waals surface area contributed by atoms with E-state index in [9.17, 15) is 18.0 Å². The standard InChI is InChI=1S/C17H17F3N2O2/c1-24-10-12-4-2-3-11(5-12)8-22-16(23)9-21-13-6-14(18)17(20)15(19)7-13/h2-7,21H,8-10H2,1H3,(H,22,23). The van der Waals surface area contributed by atoms with Crippen LogP contribution in [0.1, 0.15) is 11.1 Å². The molecule has 0 saturated carbocycles. The Bertz CT molecular complexity index is 700. The zero-order valence-corrected chi connectivity index (χ0v) is 13.0. The molecule has 0 aliphatic heterocycles. The molecule has 24 heavy (non-hydrogen) atoms. The molecule has 0 atom stereocenters. The van der Waals surface area contributed by atoms with Crippen LogP contribution in [-0.2, 0) is 22.7 Å². The summed E-state index contributed by atoms with van der Waals surface area (Å²) in [6.07, 6.45) is 0. The summed E-state index contributed by atoms with van der Waals surface area (Å²) in [5.41, 5.74) is 1.88. The summed E-state index contributed by atoms with van der Waals surface area (Å²) in [4.78, 5) is 11.8. The third kappa shape index (κ3) is 4.99. The smallest absolute Gasteiger partial charge is 0.239 e. The molecule has 0 aromatic heterocycles. The highest BCUT2D eigenvalue weighted by molar-refractivity contribution is 5.80. The van der Waals surface area contributed by atoms with Crippen LogP contribution in [0.4, 0.5) is 18.9 Å². The molecular formula is C17H17F3N2O2. The van der Waals surface area contributed by atoms with Crippen LogP contribution in [0, 0.1) is 17.5 Å². The minimum Gasteiger partial charge on any atom is -0.380 e. The lowest BCUT2D eigenvalue weighted by molar-refractivity contribution is -0.119. The topological polar surface area (TPSA) is 50.4 Å². The van der Waals surface area contributed by atoms with Gasteiger partial charge in [-0.1, -0.05) is 24.3 Å². The first-order valence-corrected chi connectivity index (χ1v) is 7.21. The van der Waals surface area contributed by atoms with Gasteiger partial charge in [0.1, 0.15) is 0 Å². The van der Waals surface area contributed by atoms with E-state index >= 15 is 0 Å². The second-order valence-electron chi connectivity index (χ2n) is 5.14. The van der Waals surface area contributed by atoms with Gasteiger partial charge in [0.25, 0.3) is 0 Å². The lowest BCUT2D eigenvalue weighted by Gasteiger charge is -2.09. The number of ether oxygens (including phenoxy) is 1. The van der Waals surface area contributed by atoms with Crippen LogP contribution in [-0.4, -0.2) is 19.6 Å². The Morgan fingerprint density at radius 2 is 1.75 bits per heavy atom. The maximum absolute atomic E-state index is 13.1. The van der Waals surface area contributed by atoms with Gasteiger partial charge in [-0.15, -0.1) is 0 Å². The van der Waals surface area contributed by atoms with Crippen molar-refractivity contribution in [3.63, 3.8) is 0 Å². The molecule has 2 aromatic carbocycles. The number of hydrogen-bond acceptors (Lipinski definition) is 3. The molecule has 0 bridgehead atoms. The van der Waals surface area contributed by atoms with E-state index in [-0.39, 0.29) is 18.1 Å². The molecule has 1 amide bonds. The third-order valence-electron chi connectivity index (χ3n) is 3.23. The van der Waals surface area contributed by atoms with Gasteiger partial charge in [0.05, 0.1) is 13.2 Å². The van der Waals surface area contributed by atoms with E-state index in [1.54, 1.807) is 7.11 Å². The predicted octanol–water partition coefficient (Wildman–Crippen LogP) is 2.98. The first-order chi connectivity index (χ1) is 11.5. The highest BCUT2D eigenvalue weighted by Crippen LogP contribution is 2.17. The Balaban J connectivity index is 1.84. The summed E-state index contributed by atoms with van der Waals surface area (Å²) < 4.78 is 44.0.